The van der Waals surface area contributed by atoms with Gasteiger partial charge in [0.15, 0.2) is 5.78 Å². The van der Waals surface area contributed by atoms with Gasteiger partial charge in [0.05, 0.1) is 6.54 Å². The van der Waals surface area contributed by atoms with Crippen LogP contribution in [0.15, 0.2) is 40.8 Å². The smallest absolute Gasteiger partial charge is 0.159 e. The Morgan fingerprint density at radius 1 is 1.38 bits per heavy atom. The highest BCUT2D eigenvalue weighted by Crippen LogP contribution is 2.47. The molecule has 1 aliphatic rings. The number of likely N-dealkylation sites (N-methyl/N-ethyl adjacent to an activating group) is 1. The summed E-state index contributed by atoms with van der Waals surface area (Å²) in [6.07, 6.45) is 0.586. The molecule has 5 nitrogen and oxygen atoms in total. The van der Waals surface area contributed by atoms with E-state index in [0.29, 0.717) is 30.3 Å². The van der Waals surface area contributed by atoms with Gasteiger partial charge in [0.2, 0.25) is 0 Å². The van der Waals surface area contributed by atoms with Gasteiger partial charge < -0.3 is 14.3 Å². The van der Waals surface area contributed by atoms with Crippen LogP contribution in [0.1, 0.15) is 48.1 Å². The monoisotopic (exact) mass is 357 g/mol. The fourth-order valence-electron chi connectivity index (χ4n) is 3.14. The molecule has 0 bridgehead atoms. The van der Waals surface area contributed by atoms with Crippen molar-refractivity contribution in [2.75, 3.05) is 20.2 Å². The van der Waals surface area contributed by atoms with Gasteiger partial charge in [0.25, 0.3) is 0 Å². The molecule has 2 aromatic rings. The molecule has 3 atom stereocenters. The number of aliphatic hydroxyl groups excluding tert-OH is 1. The van der Waals surface area contributed by atoms with Crippen LogP contribution in [-0.2, 0) is 6.54 Å². The lowest BCUT2D eigenvalue weighted by Crippen LogP contribution is -2.32. The number of ether oxygens (including phenoxy) is 1. The summed E-state index contributed by atoms with van der Waals surface area (Å²) in [5, 5.41) is 10.2. The first-order chi connectivity index (χ1) is 12.4. The second-order valence-corrected chi connectivity index (χ2v) is 7.37. The van der Waals surface area contributed by atoms with Crippen LogP contribution in [0, 0.1) is 5.92 Å². The zero-order valence-electron chi connectivity index (χ0n) is 15.6. The van der Waals surface area contributed by atoms with Crippen molar-refractivity contribution in [1.82, 2.24) is 4.90 Å². The average molecular weight is 357 g/mol. The Morgan fingerprint density at radius 2 is 2.15 bits per heavy atom. The first-order valence-electron chi connectivity index (χ1n) is 9.11. The molecule has 0 spiro atoms. The van der Waals surface area contributed by atoms with Crippen LogP contribution in [0.2, 0.25) is 0 Å². The summed E-state index contributed by atoms with van der Waals surface area (Å²) in [4.78, 5) is 13.4. The number of hydrogen-bond donors (Lipinski definition) is 1. The Labute approximate surface area is 154 Å². The highest BCUT2D eigenvalue weighted by atomic mass is 16.5. The molecular weight excluding hydrogens is 330 g/mol. The molecule has 1 fully saturated rings. The Balaban J connectivity index is 1.44. The van der Waals surface area contributed by atoms with Crippen LogP contribution in [0.3, 0.4) is 0 Å². The maximum absolute atomic E-state index is 11.4. The second-order valence-electron chi connectivity index (χ2n) is 7.37. The second kappa shape index (κ2) is 8.06. The molecule has 1 saturated carbocycles. The fourth-order valence-corrected chi connectivity index (χ4v) is 3.14. The van der Waals surface area contributed by atoms with Crippen molar-refractivity contribution in [3.63, 3.8) is 0 Å². The van der Waals surface area contributed by atoms with Gasteiger partial charge in [-0.25, -0.2) is 0 Å². The number of ketones is 1. The molecule has 3 rings (SSSR count). The lowest BCUT2D eigenvalue weighted by molar-refractivity contribution is 0.0724. The van der Waals surface area contributed by atoms with Crippen molar-refractivity contribution in [3.05, 3.63) is 53.5 Å². The predicted octanol–water partition coefficient (Wildman–Crippen LogP) is 3.48. The molecule has 140 valence electrons. The van der Waals surface area contributed by atoms with Gasteiger partial charge in [-0.05, 0) is 50.6 Å². The van der Waals surface area contributed by atoms with E-state index in [1.807, 2.05) is 18.0 Å². The summed E-state index contributed by atoms with van der Waals surface area (Å²) in [6.45, 7) is 5.06. The van der Waals surface area contributed by atoms with E-state index in [1.165, 1.54) is 13.3 Å². The van der Waals surface area contributed by atoms with Gasteiger partial charge in [-0.1, -0.05) is 19.1 Å². The van der Waals surface area contributed by atoms with Crippen LogP contribution in [-0.4, -0.2) is 42.1 Å². The van der Waals surface area contributed by atoms with E-state index in [-0.39, 0.29) is 12.4 Å². The van der Waals surface area contributed by atoms with E-state index in [0.717, 1.165) is 17.4 Å². The van der Waals surface area contributed by atoms with Crippen molar-refractivity contribution in [2.45, 2.75) is 38.8 Å². The number of carbonyl (C=O) groups excluding carboxylic acids is 1. The topological polar surface area (TPSA) is 62.9 Å². The summed E-state index contributed by atoms with van der Waals surface area (Å²) >= 11 is 0. The van der Waals surface area contributed by atoms with Crippen LogP contribution in [0.25, 0.3) is 0 Å². The van der Waals surface area contributed by atoms with E-state index in [4.69, 9.17) is 9.15 Å². The number of carbonyl (C=O) groups is 1. The molecule has 0 saturated heterocycles. The predicted molar refractivity (Wildman–Crippen MR) is 99.5 cm³/mol. The Hall–Kier alpha value is -2.11. The molecule has 0 amide bonds. The van der Waals surface area contributed by atoms with Gasteiger partial charge in [-0.3, -0.25) is 9.69 Å². The van der Waals surface area contributed by atoms with Crippen molar-refractivity contribution in [3.8, 4) is 5.75 Å². The maximum Gasteiger partial charge on any atom is 0.159 e. The number of nitrogens with zero attached hydrogens (tertiary/aromatic N) is 1. The lowest BCUT2D eigenvalue weighted by Gasteiger charge is -2.20. The zero-order valence-corrected chi connectivity index (χ0v) is 15.6. The Morgan fingerprint density at radius 3 is 2.85 bits per heavy atom. The summed E-state index contributed by atoms with van der Waals surface area (Å²) in [5.74, 6) is 3.90. The van der Waals surface area contributed by atoms with E-state index in [9.17, 15) is 9.90 Å². The summed E-state index contributed by atoms with van der Waals surface area (Å²) in [7, 11) is 1.95. The summed E-state index contributed by atoms with van der Waals surface area (Å²) in [5.41, 5.74) is 0.604. The standard InChI is InChI=1S/C21H27NO4/c1-14-9-20(14)21-8-7-19(26-21)12-22(3)11-17(24)13-25-18-6-4-5-16(10-18)15(2)23/h4-8,10,14,17,20,24H,9,11-13H2,1-3H3/t14-,17-,20-/m1/s1. The molecule has 1 heterocycles. The number of furan rings is 1. The number of hydrogen-bond acceptors (Lipinski definition) is 5. The average Bonchev–Trinajstić information content (AvgIpc) is 3.15. The molecule has 1 aromatic carbocycles. The van der Waals surface area contributed by atoms with Gasteiger partial charge in [-0.2, -0.15) is 0 Å². The minimum atomic E-state index is -0.626. The normalized spacial score (nSPS) is 20.2. The molecule has 0 radical (unpaired) electrons. The Bertz CT molecular complexity index is 754. The van der Waals surface area contributed by atoms with E-state index < -0.39 is 6.10 Å². The highest BCUT2D eigenvalue weighted by molar-refractivity contribution is 5.94. The van der Waals surface area contributed by atoms with Gasteiger partial charge in [0.1, 0.15) is 30.0 Å². The number of Topliss-reactive ketones (excluding diaryl/α,β-unsaturated/α-hetero) is 1. The third-order valence-corrected chi connectivity index (χ3v) is 4.79. The first kappa shape index (κ1) is 18.7. The Kier molecular flexibility index (Phi) is 5.79. The highest BCUT2D eigenvalue weighted by Gasteiger charge is 2.36. The third-order valence-electron chi connectivity index (χ3n) is 4.79. The van der Waals surface area contributed by atoms with E-state index in [1.54, 1.807) is 24.3 Å². The van der Waals surface area contributed by atoms with Crippen LogP contribution < -0.4 is 4.74 Å². The van der Waals surface area contributed by atoms with Crippen molar-refractivity contribution < 1.29 is 19.1 Å². The zero-order chi connectivity index (χ0) is 18.7. The molecule has 0 unspecified atom stereocenters. The molecule has 5 heteroatoms. The van der Waals surface area contributed by atoms with Crippen LogP contribution in [0.4, 0.5) is 0 Å². The minimum absolute atomic E-state index is 0.00543. The molecule has 1 N–H and O–H groups in total. The minimum Gasteiger partial charge on any atom is -0.491 e. The third kappa shape index (κ3) is 4.96. The van der Waals surface area contributed by atoms with Gasteiger partial charge in [-0.15, -0.1) is 0 Å². The lowest BCUT2D eigenvalue weighted by atomic mass is 10.1. The van der Waals surface area contributed by atoms with Crippen molar-refractivity contribution in [2.24, 2.45) is 5.92 Å². The van der Waals surface area contributed by atoms with Crippen LogP contribution in [0.5, 0.6) is 5.75 Å². The van der Waals surface area contributed by atoms with Crippen molar-refractivity contribution >= 4 is 5.78 Å². The van der Waals surface area contributed by atoms with Gasteiger partial charge in [0, 0.05) is 18.0 Å². The van der Waals surface area contributed by atoms with E-state index >= 15 is 0 Å². The van der Waals surface area contributed by atoms with Crippen molar-refractivity contribution in [1.29, 1.82) is 0 Å². The molecule has 0 aliphatic heterocycles. The SMILES string of the molecule is CC(=O)c1cccc(OC[C@H](O)CN(C)Cc2ccc([C@@H]3C[C@H]3C)o2)c1. The van der Waals surface area contributed by atoms with E-state index in [2.05, 4.69) is 13.0 Å². The molecule has 26 heavy (non-hydrogen) atoms. The molecule has 1 aliphatic carbocycles. The quantitative estimate of drug-likeness (QED) is 0.696. The maximum atomic E-state index is 11.4. The molecule has 1 aromatic heterocycles. The summed E-state index contributed by atoms with van der Waals surface area (Å²) in [6, 6.07) is 11.1. The summed E-state index contributed by atoms with van der Waals surface area (Å²) < 4.78 is 11.5. The van der Waals surface area contributed by atoms with Gasteiger partial charge >= 0.3 is 0 Å². The number of benzene rings is 1. The number of aliphatic hydroxyl groups is 1. The largest absolute Gasteiger partial charge is 0.491 e. The first-order valence-corrected chi connectivity index (χ1v) is 9.11. The van der Waals surface area contributed by atoms with Crippen LogP contribution >= 0.6 is 0 Å². The number of rotatable bonds is 9. The fraction of sp³-hybridized carbons (Fsp3) is 0.476. The molecular formula is C21H27NO4.